The van der Waals surface area contributed by atoms with Crippen LogP contribution in [0.15, 0.2) is 24.3 Å². The molecule has 1 aromatic carbocycles. The fraction of sp³-hybridized carbons (Fsp3) is 0.647. The number of hydrogen-bond donors (Lipinski definition) is 1. The van der Waals surface area contributed by atoms with Gasteiger partial charge in [0, 0.05) is 18.6 Å². The largest absolute Gasteiger partial charge is 0.329 e. The molecule has 0 heterocycles. The molecule has 19 heavy (non-hydrogen) atoms. The summed E-state index contributed by atoms with van der Waals surface area (Å²) in [5.41, 5.74) is 8.92. The average Bonchev–Trinajstić information content (AvgIpc) is 3.23. The zero-order valence-corrected chi connectivity index (χ0v) is 12.8. The van der Waals surface area contributed by atoms with Crippen molar-refractivity contribution in [3.05, 3.63) is 35.4 Å². The molecule has 2 nitrogen and oxygen atoms in total. The summed E-state index contributed by atoms with van der Waals surface area (Å²) >= 11 is 0. The van der Waals surface area contributed by atoms with Gasteiger partial charge in [-0.05, 0) is 49.8 Å². The van der Waals surface area contributed by atoms with Crippen molar-refractivity contribution in [2.24, 2.45) is 11.7 Å². The van der Waals surface area contributed by atoms with Crippen LogP contribution in [0.4, 0.5) is 0 Å². The monoisotopic (exact) mass is 260 g/mol. The summed E-state index contributed by atoms with van der Waals surface area (Å²) in [7, 11) is 2.20. The van der Waals surface area contributed by atoms with Crippen LogP contribution in [0.2, 0.25) is 0 Å². The van der Waals surface area contributed by atoms with Crippen molar-refractivity contribution in [2.45, 2.75) is 51.6 Å². The Kier molecular flexibility index (Phi) is 4.64. The zero-order valence-electron chi connectivity index (χ0n) is 12.8. The van der Waals surface area contributed by atoms with Crippen molar-refractivity contribution in [3.63, 3.8) is 0 Å². The highest BCUT2D eigenvalue weighted by molar-refractivity contribution is 5.31. The Hall–Kier alpha value is -0.860. The summed E-state index contributed by atoms with van der Waals surface area (Å²) < 4.78 is 0. The number of nitrogens with zero attached hydrogens (tertiary/aromatic N) is 1. The maximum absolute atomic E-state index is 6.04. The van der Waals surface area contributed by atoms with Gasteiger partial charge in [-0.25, -0.2) is 0 Å². The van der Waals surface area contributed by atoms with Crippen LogP contribution in [-0.4, -0.2) is 24.5 Å². The number of rotatable bonds is 6. The highest BCUT2D eigenvalue weighted by atomic mass is 15.2. The van der Waals surface area contributed by atoms with E-state index in [1.54, 1.807) is 0 Å². The van der Waals surface area contributed by atoms with Gasteiger partial charge in [0.1, 0.15) is 0 Å². The molecule has 1 aliphatic rings. The van der Waals surface area contributed by atoms with Gasteiger partial charge in [0.2, 0.25) is 0 Å². The molecule has 1 aromatic rings. The Morgan fingerprint density at radius 1 is 1.26 bits per heavy atom. The molecule has 0 bridgehead atoms. The molecular formula is C17H28N2. The number of likely N-dealkylation sites (N-methyl/N-ethyl adjacent to an activating group) is 1. The molecule has 2 unspecified atom stereocenters. The topological polar surface area (TPSA) is 29.3 Å². The SMILES string of the molecule is CC(C)C(C)N(C)C(CN)c1cccc(C2CC2)c1. The van der Waals surface area contributed by atoms with Crippen LogP contribution < -0.4 is 5.73 Å². The second-order valence-corrected chi connectivity index (χ2v) is 6.35. The maximum Gasteiger partial charge on any atom is 0.0470 e. The third kappa shape index (κ3) is 3.37. The third-order valence-corrected chi connectivity index (χ3v) is 4.67. The van der Waals surface area contributed by atoms with Crippen molar-refractivity contribution in [1.29, 1.82) is 0 Å². The lowest BCUT2D eigenvalue weighted by atomic mass is 9.97. The first kappa shape index (κ1) is 14.5. The van der Waals surface area contributed by atoms with Gasteiger partial charge in [0.05, 0.1) is 0 Å². The van der Waals surface area contributed by atoms with Crippen LogP contribution >= 0.6 is 0 Å². The van der Waals surface area contributed by atoms with E-state index < -0.39 is 0 Å². The van der Waals surface area contributed by atoms with E-state index in [0.717, 1.165) is 5.92 Å². The Morgan fingerprint density at radius 2 is 1.95 bits per heavy atom. The summed E-state index contributed by atoms with van der Waals surface area (Å²) in [6.45, 7) is 7.52. The fourth-order valence-electron chi connectivity index (χ4n) is 2.73. The lowest BCUT2D eigenvalue weighted by molar-refractivity contribution is 0.152. The molecule has 2 N–H and O–H groups in total. The Bertz CT molecular complexity index is 409. The molecule has 2 atom stereocenters. The van der Waals surface area contributed by atoms with Gasteiger partial charge in [-0.1, -0.05) is 38.1 Å². The molecule has 0 spiro atoms. The van der Waals surface area contributed by atoms with E-state index in [2.05, 4.69) is 57.0 Å². The second kappa shape index (κ2) is 6.06. The molecule has 2 heteroatoms. The number of nitrogens with two attached hydrogens (primary N) is 1. The zero-order chi connectivity index (χ0) is 14.0. The quantitative estimate of drug-likeness (QED) is 0.847. The maximum atomic E-state index is 6.04. The van der Waals surface area contributed by atoms with E-state index in [0.29, 0.717) is 24.5 Å². The Morgan fingerprint density at radius 3 is 2.47 bits per heavy atom. The van der Waals surface area contributed by atoms with E-state index in [9.17, 15) is 0 Å². The van der Waals surface area contributed by atoms with Crippen LogP contribution in [0, 0.1) is 5.92 Å². The number of hydrogen-bond acceptors (Lipinski definition) is 2. The van der Waals surface area contributed by atoms with Crippen LogP contribution in [0.5, 0.6) is 0 Å². The van der Waals surface area contributed by atoms with Crippen LogP contribution in [-0.2, 0) is 0 Å². The van der Waals surface area contributed by atoms with E-state index in [1.165, 1.54) is 24.0 Å². The van der Waals surface area contributed by atoms with Crippen LogP contribution in [0.3, 0.4) is 0 Å². The van der Waals surface area contributed by atoms with Crippen LogP contribution in [0.1, 0.15) is 56.7 Å². The summed E-state index contributed by atoms with van der Waals surface area (Å²) in [5.74, 6) is 1.46. The van der Waals surface area contributed by atoms with Crippen molar-refractivity contribution in [3.8, 4) is 0 Å². The van der Waals surface area contributed by atoms with Crippen molar-refractivity contribution in [2.75, 3.05) is 13.6 Å². The van der Waals surface area contributed by atoms with E-state index in [4.69, 9.17) is 5.73 Å². The smallest absolute Gasteiger partial charge is 0.0470 e. The van der Waals surface area contributed by atoms with E-state index in [1.807, 2.05) is 0 Å². The van der Waals surface area contributed by atoms with Crippen molar-refractivity contribution < 1.29 is 0 Å². The van der Waals surface area contributed by atoms with Crippen molar-refractivity contribution >= 4 is 0 Å². The molecule has 1 saturated carbocycles. The van der Waals surface area contributed by atoms with Gasteiger partial charge in [-0.3, -0.25) is 4.90 Å². The molecule has 1 fully saturated rings. The van der Waals surface area contributed by atoms with Crippen molar-refractivity contribution in [1.82, 2.24) is 4.90 Å². The molecule has 0 radical (unpaired) electrons. The van der Waals surface area contributed by atoms with E-state index >= 15 is 0 Å². The minimum absolute atomic E-state index is 0.330. The van der Waals surface area contributed by atoms with Gasteiger partial charge < -0.3 is 5.73 Å². The molecular weight excluding hydrogens is 232 g/mol. The molecule has 0 amide bonds. The second-order valence-electron chi connectivity index (χ2n) is 6.35. The molecule has 1 aliphatic carbocycles. The summed E-state index contributed by atoms with van der Waals surface area (Å²) in [6, 6.07) is 9.93. The molecule has 0 saturated heterocycles. The average molecular weight is 260 g/mol. The van der Waals surface area contributed by atoms with Crippen LogP contribution in [0.25, 0.3) is 0 Å². The molecule has 0 aliphatic heterocycles. The lowest BCUT2D eigenvalue weighted by Crippen LogP contribution is -2.39. The summed E-state index contributed by atoms with van der Waals surface area (Å²) in [5, 5.41) is 0. The first-order chi connectivity index (χ1) is 9.04. The minimum atomic E-state index is 0.330. The first-order valence-electron chi connectivity index (χ1n) is 7.56. The molecule has 106 valence electrons. The highest BCUT2D eigenvalue weighted by Crippen LogP contribution is 2.40. The Labute approximate surface area is 118 Å². The van der Waals surface area contributed by atoms with Gasteiger partial charge in [0.25, 0.3) is 0 Å². The standard InChI is InChI=1S/C17H28N2/c1-12(2)13(3)19(4)17(11-18)16-7-5-6-15(10-16)14-8-9-14/h5-7,10,12-14,17H,8-9,11,18H2,1-4H3. The molecule has 2 rings (SSSR count). The van der Waals surface area contributed by atoms with Gasteiger partial charge in [-0.2, -0.15) is 0 Å². The predicted molar refractivity (Wildman–Crippen MR) is 82.3 cm³/mol. The Balaban J connectivity index is 2.18. The highest BCUT2D eigenvalue weighted by Gasteiger charge is 2.26. The molecule has 0 aromatic heterocycles. The predicted octanol–water partition coefficient (Wildman–Crippen LogP) is 3.54. The summed E-state index contributed by atoms with van der Waals surface area (Å²) in [6.07, 6.45) is 2.71. The lowest BCUT2D eigenvalue weighted by Gasteiger charge is -2.35. The first-order valence-corrected chi connectivity index (χ1v) is 7.56. The van der Waals surface area contributed by atoms with Gasteiger partial charge >= 0.3 is 0 Å². The fourth-order valence-corrected chi connectivity index (χ4v) is 2.73. The summed E-state index contributed by atoms with van der Waals surface area (Å²) in [4.78, 5) is 2.43. The third-order valence-electron chi connectivity index (χ3n) is 4.67. The number of benzene rings is 1. The normalized spacial score (nSPS) is 18.9. The van der Waals surface area contributed by atoms with E-state index in [-0.39, 0.29) is 0 Å². The minimum Gasteiger partial charge on any atom is -0.329 e. The van der Waals surface area contributed by atoms with Gasteiger partial charge in [0.15, 0.2) is 0 Å². The van der Waals surface area contributed by atoms with Gasteiger partial charge in [-0.15, -0.1) is 0 Å².